The van der Waals surface area contributed by atoms with Crippen LogP contribution in [0.4, 0.5) is 5.82 Å². The highest BCUT2D eigenvalue weighted by atomic mass is 16.5. The first kappa shape index (κ1) is 12.6. The maximum Gasteiger partial charge on any atom is 0.167 e. The number of anilines is 1. The first-order valence-electron chi connectivity index (χ1n) is 6.81. The van der Waals surface area contributed by atoms with Crippen molar-refractivity contribution >= 4 is 11.6 Å². The average Bonchev–Trinajstić information content (AvgIpc) is 2.85. The minimum absolute atomic E-state index is 0.135. The summed E-state index contributed by atoms with van der Waals surface area (Å²) in [5.41, 5.74) is 6.53. The van der Waals surface area contributed by atoms with Crippen molar-refractivity contribution in [2.75, 3.05) is 25.4 Å². The van der Waals surface area contributed by atoms with Gasteiger partial charge in [0.1, 0.15) is 11.9 Å². The summed E-state index contributed by atoms with van der Waals surface area (Å²) < 4.78 is 5.72. The van der Waals surface area contributed by atoms with Crippen molar-refractivity contribution in [1.82, 2.24) is 9.88 Å². The van der Waals surface area contributed by atoms with Crippen LogP contribution in [0.1, 0.15) is 18.4 Å². The number of Topliss-reactive ketones (excluding diaryl/α,β-unsaturated/α-hetero) is 1. The van der Waals surface area contributed by atoms with Crippen LogP contribution in [0.25, 0.3) is 0 Å². The van der Waals surface area contributed by atoms with Crippen molar-refractivity contribution in [3.05, 3.63) is 23.9 Å². The molecule has 3 rings (SSSR count). The Kier molecular flexibility index (Phi) is 3.48. The fourth-order valence-electron chi connectivity index (χ4n) is 2.93. The number of nitrogens with two attached hydrogens (primary N) is 1. The van der Waals surface area contributed by atoms with Crippen molar-refractivity contribution in [2.45, 2.75) is 31.4 Å². The van der Waals surface area contributed by atoms with E-state index < -0.39 is 0 Å². The molecule has 0 aromatic carbocycles. The molecule has 2 N–H and O–H groups in total. The summed E-state index contributed by atoms with van der Waals surface area (Å²) in [4.78, 5) is 18.6. The third kappa shape index (κ3) is 2.77. The van der Waals surface area contributed by atoms with E-state index in [1.54, 1.807) is 12.3 Å². The maximum atomic E-state index is 12.3. The van der Waals surface area contributed by atoms with Gasteiger partial charge >= 0.3 is 0 Å². The zero-order chi connectivity index (χ0) is 13.2. The lowest BCUT2D eigenvalue weighted by molar-refractivity contribution is -0.137. The van der Waals surface area contributed by atoms with Crippen LogP contribution in [-0.4, -0.2) is 47.5 Å². The Morgan fingerprint density at radius 2 is 2.47 bits per heavy atom. The molecule has 1 aromatic heterocycles. The molecule has 3 heterocycles. The van der Waals surface area contributed by atoms with Crippen molar-refractivity contribution in [3.8, 4) is 0 Å². The molecular weight excluding hydrogens is 242 g/mol. The van der Waals surface area contributed by atoms with Gasteiger partial charge < -0.3 is 10.5 Å². The summed E-state index contributed by atoms with van der Waals surface area (Å²) in [6, 6.07) is 4.11. The molecule has 2 saturated heterocycles. The second-order valence-corrected chi connectivity index (χ2v) is 5.35. The lowest BCUT2D eigenvalue weighted by Crippen LogP contribution is -2.49. The topological polar surface area (TPSA) is 68.5 Å². The Bertz CT molecular complexity index is 478. The van der Waals surface area contributed by atoms with Crippen molar-refractivity contribution < 1.29 is 9.53 Å². The summed E-state index contributed by atoms with van der Waals surface area (Å²) in [5, 5.41) is 0. The fourth-order valence-corrected chi connectivity index (χ4v) is 2.93. The zero-order valence-corrected chi connectivity index (χ0v) is 10.9. The van der Waals surface area contributed by atoms with Gasteiger partial charge in [-0.05, 0) is 37.1 Å². The number of ether oxygens (including phenoxy) is 1. The van der Waals surface area contributed by atoms with Gasteiger partial charge in [0, 0.05) is 25.2 Å². The second-order valence-electron chi connectivity index (χ2n) is 5.35. The molecule has 2 fully saturated rings. The maximum absolute atomic E-state index is 12.3. The van der Waals surface area contributed by atoms with Gasteiger partial charge in [0.2, 0.25) is 0 Å². The molecule has 5 nitrogen and oxygen atoms in total. The normalized spacial score (nSPS) is 27.2. The van der Waals surface area contributed by atoms with Gasteiger partial charge in [0.15, 0.2) is 5.78 Å². The smallest absolute Gasteiger partial charge is 0.167 e. The largest absolute Gasteiger partial charge is 0.384 e. The number of pyridine rings is 1. The van der Waals surface area contributed by atoms with Gasteiger partial charge in [-0.3, -0.25) is 9.69 Å². The summed E-state index contributed by atoms with van der Waals surface area (Å²) >= 11 is 0. The molecule has 19 heavy (non-hydrogen) atoms. The van der Waals surface area contributed by atoms with E-state index in [2.05, 4.69) is 9.88 Å². The Morgan fingerprint density at radius 3 is 3.32 bits per heavy atom. The molecule has 0 radical (unpaired) electrons. The number of carbonyl (C=O) groups is 1. The number of nitrogen functional groups attached to an aromatic ring is 1. The van der Waals surface area contributed by atoms with Gasteiger partial charge in [-0.2, -0.15) is 0 Å². The summed E-state index contributed by atoms with van der Waals surface area (Å²) in [5.74, 6) is 0.588. The lowest BCUT2D eigenvalue weighted by atomic mass is 10.0. The van der Waals surface area contributed by atoms with Crippen LogP contribution in [0, 0.1) is 0 Å². The minimum atomic E-state index is -0.288. The van der Waals surface area contributed by atoms with E-state index in [0.717, 1.165) is 18.7 Å². The third-order valence-electron chi connectivity index (χ3n) is 3.97. The SMILES string of the molecule is Nc1cc(CC(=O)C2CN3CCCC3CO2)ccn1. The van der Waals surface area contributed by atoms with Crippen LogP contribution in [0.5, 0.6) is 0 Å². The zero-order valence-electron chi connectivity index (χ0n) is 10.9. The van der Waals surface area contributed by atoms with Gasteiger partial charge in [-0.1, -0.05) is 0 Å². The predicted octanol–water partition coefficient (Wildman–Crippen LogP) is 0.639. The molecule has 5 heteroatoms. The number of hydrogen-bond acceptors (Lipinski definition) is 5. The first-order chi connectivity index (χ1) is 9.22. The van der Waals surface area contributed by atoms with E-state index in [1.807, 2.05) is 6.07 Å². The molecule has 0 amide bonds. The van der Waals surface area contributed by atoms with Crippen molar-refractivity contribution in [3.63, 3.8) is 0 Å². The number of hydrogen-bond donors (Lipinski definition) is 1. The van der Waals surface area contributed by atoms with Gasteiger partial charge in [0.25, 0.3) is 0 Å². The third-order valence-corrected chi connectivity index (χ3v) is 3.97. The van der Waals surface area contributed by atoms with E-state index in [0.29, 0.717) is 24.9 Å². The molecule has 102 valence electrons. The van der Waals surface area contributed by atoms with Crippen molar-refractivity contribution in [1.29, 1.82) is 0 Å². The molecule has 2 atom stereocenters. The van der Waals surface area contributed by atoms with Crippen LogP contribution in [0.3, 0.4) is 0 Å². The molecular formula is C14H19N3O2. The van der Waals surface area contributed by atoms with E-state index in [1.165, 1.54) is 12.8 Å². The molecule has 1 aromatic rings. The highest BCUT2D eigenvalue weighted by Crippen LogP contribution is 2.23. The van der Waals surface area contributed by atoms with E-state index in [9.17, 15) is 4.79 Å². The number of aromatic nitrogens is 1. The first-order valence-corrected chi connectivity index (χ1v) is 6.81. The van der Waals surface area contributed by atoms with E-state index >= 15 is 0 Å². The Morgan fingerprint density at radius 1 is 1.58 bits per heavy atom. The highest BCUT2D eigenvalue weighted by Gasteiger charge is 2.34. The van der Waals surface area contributed by atoms with Crippen LogP contribution < -0.4 is 5.73 Å². The molecule has 2 unspecified atom stereocenters. The Balaban J connectivity index is 1.61. The van der Waals surface area contributed by atoms with Crippen LogP contribution in [-0.2, 0) is 16.0 Å². The highest BCUT2D eigenvalue weighted by molar-refractivity contribution is 5.85. The number of rotatable bonds is 3. The van der Waals surface area contributed by atoms with Gasteiger partial charge in [-0.25, -0.2) is 4.98 Å². The van der Waals surface area contributed by atoms with Crippen LogP contribution in [0.15, 0.2) is 18.3 Å². The molecule has 0 bridgehead atoms. The van der Waals surface area contributed by atoms with Crippen LogP contribution in [0.2, 0.25) is 0 Å². The lowest BCUT2D eigenvalue weighted by Gasteiger charge is -2.34. The number of ketones is 1. The standard InChI is InChI=1S/C14H19N3O2/c15-14-7-10(3-4-16-14)6-12(18)13-8-17-5-1-2-11(17)9-19-13/h3-4,7,11,13H,1-2,5-6,8-9H2,(H2,15,16). The summed E-state index contributed by atoms with van der Waals surface area (Å²) in [7, 11) is 0. The number of nitrogens with zero attached hydrogens (tertiary/aromatic N) is 2. The molecule has 2 aliphatic heterocycles. The fraction of sp³-hybridized carbons (Fsp3) is 0.571. The average molecular weight is 261 g/mol. The molecule has 0 saturated carbocycles. The molecule has 0 spiro atoms. The molecule has 2 aliphatic rings. The molecule has 0 aliphatic carbocycles. The Hall–Kier alpha value is -1.46. The summed E-state index contributed by atoms with van der Waals surface area (Å²) in [6.07, 6.45) is 4.13. The second kappa shape index (κ2) is 5.27. The number of carbonyl (C=O) groups excluding carboxylic acids is 1. The van der Waals surface area contributed by atoms with E-state index in [-0.39, 0.29) is 11.9 Å². The Labute approximate surface area is 112 Å². The van der Waals surface area contributed by atoms with Gasteiger partial charge in [0.05, 0.1) is 6.61 Å². The van der Waals surface area contributed by atoms with Gasteiger partial charge in [-0.15, -0.1) is 0 Å². The van der Waals surface area contributed by atoms with E-state index in [4.69, 9.17) is 10.5 Å². The predicted molar refractivity (Wildman–Crippen MR) is 71.7 cm³/mol. The monoisotopic (exact) mass is 261 g/mol. The summed E-state index contributed by atoms with van der Waals surface area (Å²) in [6.45, 7) is 2.53. The van der Waals surface area contributed by atoms with Crippen LogP contribution >= 0.6 is 0 Å². The minimum Gasteiger partial charge on any atom is -0.384 e. The number of fused-ring (bicyclic) bond motifs is 1. The quantitative estimate of drug-likeness (QED) is 0.864. The number of morpholine rings is 1. The van der Waals surface area contributed by atoms with Crippen molar-refractivity contribution in [2.24, 2.45) is 0 Å².